The summed E-state index contributed by atoms with van der Waals surface area (Å²) in [4.78, 5) is 2.41. The van der Waals surface area contributed by atoms with Gasteiger partial charge >= 0.3 is 0 Å². The van der Waals surface area contributed by atoms with Crippen LogP contribution < -0.4 is 15.4 Å². The maximum atomic E-state index is 5.98. The summed E-state index contributed by atoms with van der Waals surface area (Å²) in [6.45, 7) is 9.31. The van der Waals surface area contributed by atoms with E-state index in [0.717, 1.165) is 38.3 Å². The minimum atomic E-state index is 0.362. The second-order valence-corrected chi connectivity index (χ2v) is 6.00. The van der Waals surface area contributed by atoms with Gasteiger partial charge in [0.1, 0.15) is 5.75 Å². The molecule has 0 saturated carbocycles. The molecule has 1 aromatic carbocycles. The first-order chi connectivity index (χ1) is 9.06. The minimum absolute atomic E-state index is 0.362. The monoisotopic (exact) mass is 262 g/mol. The fourth-order valence-corrected chi connectivity index (χ4v) is 2.39. The molecule has 19 heavy (non-hydrogen) atoms. The van der Waals surface area contributed by atoms with Gasteiger partial charge in [-0.25, -0.2) is 0 Å². The van der Waals surface area contributed by atoms with Gasteiger partial charge in [-0.05, 0) is 43.4 Å². The lowest BCUT2D eigenvalue weighted by molar-refractivity contribution is 0.271. The van der Waals surface area contributed by atoms with Crippen molar-refractivity contribution in [2.75, 3.05) is 24.6 Å². The van der Waals surface area contributed by atoms with Crippen LogP contribution in [0.2, 0.25) is 0 Å². The first-order valence-corrected chi connectivity index (χ1v) is 7.30. The predicted octanol–water partition coefficient (Wildman–Crippen LogP) is 2.96. The van der Waals surface area contributed by atoms with Crippen LogP contribution in [-0.2, 0) is 0 Å². The number of piperidine rings is 1. The molecular formula is C16H26N2O. The van der Waals surface area contributed by atoms with Crippen LogP contribution in [0.5, 0.6) is 5.75 Å². The Kier molecular flexibility index (Phi) is 4.70. The lowest BCUT2D eigenvalue weighted by Crippen LogP contribution is -2.39. The van der Waals surface area contributed by atoms with E-state index in [2.05, 4.69) is 43.9 Å². The molecule has 1 fully saturated rings. The number of anilines is 1. The van der Waals surface area contributed by atoms with E-state index in [9.17, 15) is 0 Å². The first-order valence-electron chi connectivity index (χ1n) is 7.30. The summed E-state index contributed by atoms with van der Waals surface area (Å²) in [5.74, 6) is 1.55. The maximum absolute atomic E-state index is 5.98. The van der Waals surface area contributed by atoms with Crippen molar-refractivity contribution in [1.82, 2.24) is 0 Å². The summed E-state index contributed by atoms with van der Waals surface area (Å²) < 4.78 is 5.96. The summed E-state index contributed by atoms with van der Waals surface area (Å²) in [5.41, 5.74) is 8.49. The van der Waals surface area contributed by atoms with Gasteiger partial charge in [-0.15, -0.1) is 0 Å². The van der Waals surface area contributed by atoms with E-state index in [-0.39, 0.29) is 0 Å². The Hall–Kier alpha value is -1.22. The number of benzene rings is 1. The molecular weight excluding hydrogens is 236 g/mol. The highest BCUT2D eigenvalue weighted by atomic mass is 16.5. The standard InChI is InChI=1S/C16H26N2O/c1-12(2)11-19-16-5-4-13(3)10-15(16)18-8-6-14(17)7-9-18/h4-5,10,12,14H,6-9,11,17H2,1-3H3. The Morgan fingerprint density at radius 2 is 2.00 bits per heavy atom. The normalized spacial score (nSPS) is 17.0. The van der Waals surface area contributed by atoms with E-state index in [1.807, 2.05) is 0 Å². The van der Waals surface area contributed by atoms with Crippen LogP contribution in [0.3, 0.4) is 0 Å². The molecule has 3 heteroatoms. The second-order valence-electron chi connectivity index (χ2n) is 6.00. The van der Waals surface area contributed by atoms with E-state index in [1.54, 1.807) is 0 Å². The molecule has 0 amide bonds. The lowest BCUT2D eigenvalue weighted by atomic mass is 10.0. The molecule has 0 aliphatic carbocycles. The van der Waals surface area contributed by atoms with Gasteiger partial charge in [-0.1, -0.05) is 19.9 Å². The summed E-state index contributed by atoms with van der Waals surface area (Å²) in [7, 11) is 0. The molecule has 0 unspecified atom stereocenters. The number of hydrogen-bond donors (Lipinski definition) is 1. The smallest absolute Gasteiger partial charge is 0.142 e. The van der Waals surface area contributed by atoms with E-state index in [1.165, 1.54) is 11.3 Å². The molecule has 3 nitrogen and oxygen atoms in total. The molecule has 1 heterocycles. The van der Waals surface area contributed by atoms with Crippen molar-refractivity contribution in [2.24, 2.45) is 11.7 Å². The highest BCUT2D eigenvalue weighted by molar-refractivity contribution is 5.60. The largest absolute Gasteiger partial charge is 0.491 e. The van der Waals surface area contributed by atoms with E-state index in [0.29, 0.717) is 12.0 Å². The molecule has 0 spiro atoms. The van der Waals surface area contributed by atoms with Crippen LogP contribution in [0.15, 0.2) is 18.2 Å². The van der Waals surface area contributed by atoms with Gasteiger partial charge in [0.25, 0.3) is 0 Å². The average molecular weight is 262 g/mol. The van der Waals surface area contributed by atoms with Crippen molar-refractivity contribution in [3.63, 3.8) is 0 Å². The number of aryl methyl sites for hydroxylation is 1. The van der Waals surface area contributed by atoms with E-state index < -0.39 is 0 Å². The van der Waals surface area contributed by atoms with Crippen molar-refractivity contribution >= 4 is 5.69 Å². The van der Waals surface area contributed by atoms with Crippen molar-refractivity contribution in [1.29, 1.82) is 0 Å². The first kappa shape index (κ1) is 14.2. The second kappa shape index (κ2) is 6.29. The van der Waals surface area contributed by atoms with Gasteiger partial charge in [0.2, 0.25) is 0 Å². The van der Waals surface area contributed by atoms with Crippen LogP contribution in [0.1, 0.15) is 32.3 Å². The van der Waals surface area contributed by atoms with E-state index in [4.69, 9.17) is 10.5 Å². The van der Waals surface area contributed by atoms with Gasteiger partial charge in [0, 0.05) is 19.1 Å². The molecule has 1 aliphatic rings. The highest BCUT2D eigenvalue weighted by Crippen LogP contribution is 2.31. The number of rotatable bonds is 4. The molecule has 1 aliphatic heterocycles. The third-order valence-corrected chi connectivity index (χ3v) is 3.57. The Labute approximate surface area is 116 Å². The quantitative estimate of drug-likeness (QED) is 0.906. The topological polar surface area (TPSA) is 38.5 Å². The third kappa shape index (κ3) is 3.87. The van der Waals surface area contributed by atoms with Crippen LogP contribution in [0.4, 0.5) is 5.69 Å². The zero-order chi connectivity index (χ0) is 13.8. The summed E-state index contributed by atoms with van der Waals surface area (Å²) in [5, 5.41) is 0. The summed E-state index contributed by atoms with van der Waals surface area (Å²) >= 11 is 0. The summed E-state index contributed by atoms with van der Waals surface area (Å²) in [6, 6.07) is 6.81. The molecule has 1 saturated heterocycles. The molecule has 0 aromatic heterocycles. The van der Waals surface area contributed by atoms with Crippen LogP contribution in [0.25, 0.3) is 0 Å². The number of nitrogens with zero attached hydrogens (tertiary/aromatic N) is 1. The zero-order valence-electron chi connectivity index (χ0n) is 12.4. The third-order valence-electron chi connectivity index (χ3n) is 3.57. The average Bonchev–Trinajstić information content (AvgIpc) is 2.38. The fraction of sp³-hybridized carbons (Fsp3) is 0.625. The van der Waals surface area contributed by atoms with Crippen molar-refractivity contribution < 1.29 is 4.74 Å². The van der Waals surface area contributed by atoms with Crippen molar-refractivity contribution in [3.8, 4) is 5.75 Å². The number of ether oxygens (including phenoxy) is 1. The van der Waals surface area contributed by atoms with Gasteiger partial charge in [-0.3, -0.25) is 0 Å². The molecule has 0 bridgehead atoms. The van der Waals surface area contributed by atoms with Crippen molar-refractivity contribution in [2.45, 2.75) is 39.7 Å². The van der Waals surface area contributed by atoms with Gasteiger partial charge < -0.3 is 15.4 Å². The minimum Gasteiger partial charge on any atom is -0.491 e. The predicted molar refractivity (Wildman–Crippen MR) is 80.9 cm³/mol. The van der Waals surface area contributed by atoms with Crippen LogP contribution >= 0.6 is 0 Å². The van der Waals surface area contributed by atoms with Gasteiger partial charge in [-0.2, -0.15) is 0 Å². The highest BCUT2D eigenvalue weighted by Gasteiger charge is 2.19. The molecule has 0 atom stereocenters. The van der Waals surface area contributed by atoms with Crippen LogP contribution in [0, 0.1) is 12.8 Å². The van der Waals surface area contributed by atoms with Crippen LogP contribution in [-0.4, -0.2) is 25.7 Å². The fourth-order valence-electron chi connectivity index (χ4n) is 2.39. The molecule has 0 radical (unpaired) electrons. The van der Waals surface area contributed by atoms with E-state index >= 15 is 0 Å². The van der Waals surface area contributed by atoms with Gasteiger partial charge in [0.15, 0.2) is 0 Å². The Balaban J connectivity index is 2.14. The number of nitrogens with two attached hydrogens (primary N) is 1. The van der Waals surface area contributed by atoms with Crippen molar-refractivity contribution in [3.05, 3.63) is 23.8 Å². The zero-order valence-corrected chi connectivity index (χ0v) is 12.4. The Morgan fingerprint density at radius 3 is 2.63 bits per heavy atom. The molecule has 1 aromatic rings. The molecule has 2 N–H and O–H groups in total. The SMILES string of the molecule is Cc1ccc(OCC(C)C)c(N2CCC(N)CC2)c1. The summed E-state index contributed by atoms with van der Waals surface area (Å²) in [6.07, 6.45) is 2.13. The molecule has 2 rings (SSSR count). The lowest BCUT2D eigenvalue weighted by Gasteiger charge is -2.33. The van der Waals surface area contributed by atoms with Gasteiger partial charge in [0.05, 0.1) is 12.3 Å². The Morgan fingerprint density at radius 1 is 1.32 bits per heavy atom. The molecule has 106 valence electrons. The Bertz CT molecular complexity index is 409. The maximum Gasteiger partial charge on any atom is 0.142 e. The number of hydrogen-bond acceptors (Lipinski definition) is 3.